The zero-order valence-electron chi connectivity index (χ0n) is 8.26. The Morgan fingerprint density at radius 3 is 2.75 bits per heavy atom. The fourth-order valence-corrected chi connectivity index (χ4v) is 3.33. The first-order valence-corrected chi connectivity index (χ1v) is 6.45. The summed E-state index contributed by atoms with van der Waals surface area (Å²) in [6.07, 6.45) is 1.78. The number of nitrogens with one attached hydrogen (secondary N) is 1. The van der Waals surface area contributed by atoms with E-state index in [2.05, 4.69) is 15.3 Å². The lowest BCUT2D eigenvalue weighted by atomic mass is 10.4. The Kier molecular flexibility index (Phi) is 4.49. The lowest BCUT2D eigenvalue weighted by molar-refractivity contribution is 0.578. The highest BCUT2D eigenvalue weighted by molar-refractivity contribution is 7.92. The van der Waals surface area contributed by atoms with Crippen LogP contribution in [0.3, 0.4) is 0 Å². The van der Waals surface area contributed by atoms with Crippen LogP contribution in [-0.2, 0) is 9.84 Å². The highest BCUT2D eigenvalue weighted by atomic mass is 35.5. The summed E-state index contributed by atoms with van der Waals surface area (Å²) >= 11 is 5.63. The van der Waals surface area contributed by atoms with Gasteiger partial charge in [0.1, 0.15) is 11.5 Å². The molecule has 1 atom stereocenters. The van der Waals surface area contributed by atoms with Gasteiger partial charge in [-0.15, -0.1) is 12.4 Å². The van der Waals surface area contributed by atoms with Crippen LogP contribution in [0.25, 0.3) is 0 Å². The third-order valence-electron chi connectivity index (χ3n) is 2.35. The summed E-state index contributed by atoms with van der Waals surface area (Å²) in [5, 5.41) is 2.77. The highest BCUT2D eigenvalue weighted by Gasteiger charge is 2.31. The molecule has 5 nitrogen and oxygen atoms in total. The molecule has 1 N–H and O–H groups in total. The molecule has 0 amide bonds. The number of rotatable bonds is 2. The van der Waals surface area contributed by atoms with E-state index < -0.39 is 15.1 Å². The average molecular weight is 284 g/mol. The van der Waals surface area contributed by atoms with Crippen molar-refractivity contribution in [2.75, 3.05) is 13.1 Å². The van der Waals surface area contributed by atoms with Gasteiger partial charge < -0.3 is 5.32 Å². The molecular formula is C8H11Cl2N3O2S. The molecule has 90 valence electrons. The van der Waals surface area contributed by atoms with E-state index in [1.54, 1.807) is 0 Å². The lowest BCUT2D eigenvalue weighted by Gasteiger charge is -2.08. The fraction of sp³-hybridized carbons (Fsp3) is 0.500. The Morgan fingerprint density at radius 2 is 2.19 bits per heavy atom. The second-order valence-corrected chi connectivity index (χ2v) is 5.90. The molecular weight excluding hydrogens is 273 g/mol. The van der Waals surface area contributed by atoms with Crippen LogP contribution >= 0.6 is 24.0 Å². The van der Waals surface area contributed by atoms with Gasteiger partial charge in [0.05, 0.1) is 5.25 Å². The fourth-order valence-electron chi connectivity index (χ4n) is 1.54. The second-order valence-electron chi connectivity index (χ2n) is 3.34. The van der Waals surface area contributed by atoms with E-state index in [-0.39, 0.29) is 22.6 Å². The molecule has 8 heteroatoms. The molecule has 0 aliphatic carbocycles. The first kappa shape index (κ1) is 13.6. The van der Waals surface area contributed by atoms with Crippen molar-refractivity contribution >= 4 is 33.8 Å². The van der Waals surface area contributed by atoms with Gasteiger partial charge in [-0.05, 0) is 13.0 Å². The summed E-state index contributed by atoms with van der Waals surface area (Å²) in [4.78, 5) is 7.40. The molecule has 0 radical (unpaired) electrons. The van der Waals surface area contributed by atoms with Crippen molar-refractivity contribution < 1.29 is 8.42 Å². The van der Waals surface area contributed by atoms with Crippen molar-refractivity contribution in [1.82, 2.24) is 15.3 Å². The predicted molar refractivity (Wildman–Crippen MR) is 62.8 cm³/mol. The van der Waals surface area contributed by atoms with Gasteiger partial charge in [0.15, 0.2) is 14.9 Å². The van der Waals surface area contributed by atoms with Crippen molar-refractivity contribution in [2.24, 2.45) is 0 Å². The lowest BCUT2D eigenvalue weighted by Crippen LogP contribution is -2.24. The molecule has 0 bridgehead atoms. The van der Waals surface area contributed by atoms with Gasteiger partial charge in [-0.2, -0.15) is 0 Å². The minimum absolute atomic E-state index is 0. The van der Waals surface area contributed by atoms with Crippen LogP contribution in [0.2, 0.25) is 5.15 Å². The number of hydrogen-bond donors (Lipinski definition) is 1. The first-order valence-electron chi connectivity index (χ1n) is 4.53. The van der Waals surface area contributed by atoms with Crippen molar-refractivity contribution in [3.8, 4) is 0 Å². The second kappa shape index (κ2) is 5.27. The Hall–Kier alpha value is -0.430. The molecule has 1 aliphatic heterocycles. The number of halogens is 2. The van der Waals surface area contributed by atoms with Gasteiger partial charge in [0.2, 0.25) is 0 Å². The topological polar surface area (TPSA) is 72.0 Å². The number of aromatic nitrogens is 2. The van der Waals surface area contributed by atoms with Crippen LogP contribution in [0.1, 0.15) is 6.42 Å². The van der Waals surface area contributed by atoms with Crippen molar-refractivity contribution in [3.05, 3.63) is 17.5 Å². The van der Waals surface area contributed by atoms with Gasteiger partial charge >= 0.3 is 0 Å². The normalized spacial score (nSPS) is 20.4. The number of hydrogen-bond acceptors (Lipinski definition) is 5. The van der Waals surface area contributed by atoms with E-state index in [1.807, 2.05) is 0 Å². The molecule has 1 aromatic heterocycles. The molecule has 0 saturated carbocycles. The van der Waals surface area contributed by atoms with Gasteiger partial charge in [0.25, 0.3) is 0 Å². The smallest absolute Gasteiger partial charge is 0.199 e. The summed E-state index contributed by atoms with van der Waals surface area (Å²) in [5.74, 6) is 0. The van der Waals surface area contributed by atoms with E-state index in [9.17, 15) is 8.42 Å². The minimum Gasteiger partial charge on any atom is -0.315 e. The molecule has 1 aliphatic rings. The van der Waals surface area contributed by atoms with Crippen LogP contribution in [0, 0.1) is 0 Å². The average Bonchev–Trinajstić information content (AvgIpc) is 2.71. The maximum atomic E-state index is 12.0. The molecule has 0 spiro atoms. The third kappa shape index (κ3) is 2.63. The quantitative estimate of drug-likeness (QED) is 0.809. The minimum atomic E-state index is -3.36. The molecule has 0 unspecified atom stereocenters. The van der Waals surface area contributed by atoms with Crippen molar-refractivity contribution in [3.63, 3.8) is 0 Å². The van der Waals surface area contributed by atoms with Gasteiger partial charge in [-0.1, -0.05) is 11.6 Å². The monoisotopic (exact) mass is 283 g/mol. The Bertz CT molecular complexity index is 460. The van der Waals surface area contributed by atoms with Crippen LogP contribution in [-0.4, -0.2) is 36.7 Å². The van der Waals surface area contributed by atoms with E-state index in [1.165, 1.54) is 6.07 Å². The van der Waals surface area contributed by atoms with E-state index >= 15 is 0 Å². The van der Waals surface area contributed by atoms with Crippen LogP contribution in [0.4, 0.5) is 0 Å². The molecule has 2 heterocycles. The molecule has 16 heavy (non-hydrogen) atoms. The van der Waals surface area contributed by atoms with E-state index in [4.69, 9.17) is 11.6 Å². The number of sulfone groups is 1. The highest BCUT2D eigenvalue weighted by Crippen LogP contribution is 2.19. The maximum absolute atomic E-state index is 12.0. The largest absolute Gasteiger partial charge is 0.315 e. The molecule has 1 fully saturated rings. The predicted octanol–water partition coefficient (Wildman–Crippen LogP) is 0.687. The molecule has 1 saturated heterocycles. The van der Waals surface area contributed by atoms with Gasteiger partial charge in [-0.3, -0.25) is 0 Å². The standard InChI is InChI=1S/C8H10ClN3O2S.ClH/c9-7-3-8(12-5-11-7)15(13,14)6-1-2-10-4-6;/h3,5-6,10H,1-2,4H2;1H/t6-;/m1./s1. The van der Waals surface area contributed by atoms with Crippen LogP contribution in [0.15, 0.2) is 17.4 Å². The maximum Gasteiger partial charge on any atom is 0.199 e. The third-order valence-corrected chi connectivity index (χ3v) is 4.65. The molecule has 2 rings (SSSR count). The number of nitrogens with zero attached hydrogens (tertiary/aromatic N) is 2. The zero-order valence-corrected chi connectivity index (χ0v) is 10.6. The van der Waals surface area contributed by atoms with Crippen LogP contribution < -0.4 is 5.32 Å². The molecule has 0 aromatic carbocycles. The molecule has 1 aromatic rings. The van der Waals surface area contributed by atoms with Crippen molar-refractivity contribution in [1.29, 1.82) is 0 Å². The van der Waals surface area contributed by atoms with Gasteiger partial charge in [0, 0.05) is 12.6 Å². The van der Waals surface area contributed by atoms with E-state index in [0.717, 1.165) is 12.9 Å². The van der Waals surface area contributed by atoms with E-state index in [0.29, 0.717) is 13.0 Å². The van der Waals surface area contributed by atoms with Crippen molar-refractivity contribution in [2.45, 2.75) is 16.7 Å². The Labute approximate surface area is 105 Å². The summed E-state index contributed by atoms with van der Waals surface area (Å²) in [7, 11) is -3.36. The SMILES string of the molecule is Cl.O=S(=O)(c1cc(Cl)ncn1)[C@@H]1CCNC1. The summed E-state index contributed by atoms with van der Waals surface area (Å²) in [6, 6.07) is 1.29. The summed E-state index contributed by atoms with van der Waals surface area (Å²) in [6.45, 7) is 1.20. The Balaban J connectivity index is 0.00000128. The summed E-state index contributed by atoms with van der Waals surface area (Å²) in [5.41, 5.74) is 0. The summed E-state index contributed by atoms with van der Waals surface area (Å²) < 4.78 is 24.0. The zero-order chi connectivity index (χ0) is 10.9. The van der Waals surface area contributed by atoms with Crippen LogP contribution in [0.5, 0.6) is 0 Å². The first-order chi connectivity index (χ1) is 7.10. The van der Waals surface area contributed by atoms with Gasteiger partial charge in [-0.25, -0.2) is 18.4 Å². The Morgan fingerprint density at radius 1 is 1.44 bits per heavy atom.